The Morgan fingerprint density at radius 2 is 1.85 bits per heavy atom. The molecule has 1 atom stereocenters. The zero-order valence-corrected chi connectivity index (χ0v) is 8.54. The molecule has 0 saturated carbocycles. The lowest BCUT2D eigenvalue weighted by molar-refractivity contribution is 0.191. The fourth-order valence-corrected chi connectivity index (χ4v) is 2.45. The van der Waals surface area contributed by atoms with Crippen molar-refractivity contribution in [1.29, 1.82) is 0 Å². The summed E-state index contributed by atoms with van der Waals surface area (Å²) in [4.78, 5) is 2.61. The first kappa shape index (κ1) is 9.47. The van der Waals surface area contributed by atoms with Gasteiger partial charge in [0.1, 0.15) is 0 Å². The molecule has 2 aliphatic rings. The van der Waals surface area contributed by atoms with Gasteiger partial charge in [0.05, 0.1) is 0 Å². The van der Waals surface area contributed by atoms with Gasteiger partial charge in [-0.05, 0) is 38.8 Å². The van der Waals surface area contributed by atoms with Crippen molar-refractivity contribution in [2.24, 2.45) is 0 Å². The maximum atomic E-state index is 4.68. The summed E-state index contributed by atoms with van der Waals surface area (Å²) < 4.78 is 0. The first-order chi connectivity index (χ1) is 6.45. The van der Waals surface area contributed by atoms with Crippen LogP contribution in [0.5, 0.6) is 0 Å². The molecule has 0 aromatic carbocycles. The second-order valence-electron chi connectivity index (χ2n) is 4.42. The van der Waals surface area contributed by atoms with E-state index in [1.54, 1.807) is 0 Å². The summed E-state index contributed by atoms with van der Waals surface area (Å²) >= 11 is 0. The number of piperidine rings is 2. The SMILES string of the molecule is C1CCN(CC2CCCC[N]2)CC1. The van der Waals surface area contributed by atoms with Crippen LogP contribution in [0.15, 0.2) is 0 Å². The van der Waals surface area contributed by atoms with Crippen LogP contribution in [-0.2, 0) is 0 Å². The highest BCUT2D eigenvalue weighted by atomic mass is 15.2. The van der Waals surface area contributed by atoms with Gasteiger partial charge in [-0.1, -0.05) is 12.8 Å². The van der Waals surface area contributed by atoms with Gasteiger partial charge in [-0.3, -0.25) is 0 Å². The van der Waals surface area contributed by atoms with E-state index < -0.39 is 0 Å². The average Bonchev–Trinajstić information content (AvgIpc) is 2.21. The summed E-state index contributed by atoms with van der Waals surface area (Å²) in [5, 5.41) is 4.68. The molecule has 2 saturated heterocycles. The van der Waals surface area contributed by atoms with Gasteiger partial charge in [0.25, 0.3) is 0 Å². The minimum atomic E-state index is 0.673. The molecule has 0 bridgehead atoms. The number of likely N-dealkylation sites (tertiary alicyclic amines) is 1. The monoisotopic (exact) mass is 181 g/mol. The zero-order valence-electron chi connectivity index (χ0n) is 8.54. The van der Waals surface area contributed by atoms with Crippen LogP contribution in [0.4, 0.5) is 0 Å². The third-order valence-electron chi connectivity index (χ3n) is 3.25. The van der Waals surface area contributed by atoms with Crippen molar-refractivity contribution < 1.29 is 0 Å². The van der Waals surface area contributed by atoms with E-state index in [0.717, 1.165) is 6.54 Å². The van der Waals surface area contributed by atoms with Crippen LogP contribution in [0.2, 0.25) is 0 Å². The first-order valence-corrected chi connectivity index (χ1v) is 5.84. The molecule has 2 rings (SSSR count). The fourth-order valence-electron chi connectivity index (χ4n) is 2.45. The van der Waals surface area contributed by atoms with E-state index in [4.69, 9.17) is 0 Å². The van der Waals surface area contributed by atoms with Crippen LogP contribution in [0.3, 0.4) is 0 Å². The van der Waals surface area contributed by atoms with Crippen molar-refractivity contribution in [2.45, 2.75) is 44.6 Å². The highest BCUT2D eigenvalue weighted by molar-refractivity contribution is 4.77. The number of rotatable bonds is 2. The molecule has 0 aromatic rings. The maximum absolute atomic E-state index is 4.68. The van der Waals surface area contributed by atoms with Gasteiger partial charge in [0.15, 0.2) is 0 Å². The molecular weight excluding hydrogens is 160 g/mol. The molecule has 2 nitrogen and oxygen atoms in total. The molecule has 75 valence electrons. The van der Waals surface area contributed by atoms with Gasteiger partial charge in [0, 0.05) is 19.1 Å². The van der Waals surface area contributed by atoms with Crippen LogP contribution >= 0.6 is 0 Å². The largest absolute Gasteiger partial charge is 0.302 e. The van der Waals surface area contributed by atoms with Crippen molar-refractivity contribution in [1.82, 2.24) is 10.2 Å². The van der Waals surface area contributed by atoms with E-state index in [2.05, 4.69) is 10.2 Å². The highest BCUT2D eigenvalue weighted by Gasteiger charge is 2.18. The minimum absolute atomic E-state index is 0.673. The van der Waals surface area contributed by atoms with E-state index >= 15 is 0 Å². The van der Waals surface area contributed by atoms with Gasteiger partial charge in [0.2, 0.25) is 0 Å². The molecule has 1 unspecified atom stereocenters. The van der Waals surface area contributed by atoms with Gasteiger partial charge >= 0.3 is 0 Å². The van der Waals surface area contributed by atoms with E-state index in [1.165, 1.54) is 58.2 Å². The first-order valence-electron chi connectivity index (χ1n) is 5.84. The van der Waals surface area contributed by atoms with E-state index in [1.807, 2.05) is 0 Å². The van der Waals surface area contributed by atoms with Crippen molar-refractivity contribution in [3.8, 4) is 0 Å². The minimum Gasteiger partial charge on any atom is -0.302 e. The third-order valence-corrected chi connectivity index (χ3v) is 3.25. The lowest BCUT2D eigenvalue weighted by atomic mass is 10.0. The van der Waals surface area contributed by atoms with Gasteiger partial charge < -0.3 is 4.90 Å². The summed E-state index contributed by atoms with van der Waals surface area (Å²) in [6.07, 6.45) is 8.34. The molecule has 0 N–H and O–H groups in total. The molecule has 0 aromatic heterocycles. The molecule has 2 heterocycles. The number of hydrogen-bond acceptors (Lipinski definition) is 1. The van der Waals surface area contributed by atoms with Gasteiger partial charge in [-0.25, -0.2) is 5.32 Å². The topological polar surface area (TPSA) is 17.3 Å². The number of hydrogen-bond donors (Lipinski definition) is 0. The van der Waals surface area contributed by atoms with Crippen LogP contribution in [0, 0.1) is 0 Å². The smallest absolute Gasteiger partial charge is 0.0373 e. The molecule has 0 aliphatic carbocycles. The predicted octanol–water partition coefficient (Wildman–Crippen LogP) is 1.63. The fraction of sp³-hybridized carbons (Fsp3) is 1.00. The van der Waals surface area contributed by atoms with E-state index in [0.29, 0.717) is 6.04 Å². The Morgan fingerprint density at radius 1 is 1.00 bits per heavy atom. The van der Waals surface area contributed by atoms with Crippen LogP contribution in [0.25, 0.3) is 0 Å². The number of nitrogens with zero attached hydrogens (tertiary/aromatic N) is 2. The molecule has 0 spiro atoms. The Morgan fingerprint density at radius 3 is 2.54 bits per heavy atom. The van der Waals surface area contributed by atoms with Crippen molar-refractivity contribution >= 4 is 0 Å². The van der Waals surface area contributed by atoms with Crippen molar-refractivity contribution in [3.63, 3.8) is 0 Å². The lowest BCUT2D eigenvalue weighted by Gasteiger charge is -2.31. The molecule has 2 fully saturated rings. The summed E-state index contributed by atoms with van der Waals surface area (Å²) in [6.45, 7) is 5.02. The summed E-state index contributed by atoms with van der Waals surface area (Å²) in [5.74, 6) is 0. The molecule has 0 amide bonds. The molecule has 1 radical (unpaired) electrons. The quantitative estimate of drug-likeness (QED) is 0.633. The van der Waals surface area contributed by atoms with Crippen molar-refractivity contribution in [3.05, 3.63) is 0 Å². The Labute approximate surface area is 81.7 Å². The van der Waals surface area contributed by atoms with E-state index in [9.17, 15) is 0 Å². The van der Waals surface area contributed by atoms with E-state index in [-0.39, 0.29) is 0 Å². The normalized spacial score (nSPS) is 31.8. The molecule has 2 aliphatic heterocycles. The van der Waals surface area contributed by atoms with Gasteiger partial charge in [-0.2, -0.15) is 0 Å². The second-order valence-corrected chi connectivity index (χ2v) is 4.42. The second kappa shape index (κ2) is 4.97. The van der Waals surface area contributed by atoms with Crippen LogP contribution < -0.4 is 5.32 Å². The Bertz CT molecular complexity index is 119. The third kappa shape index (κ3) is 2.96. The van der Waals surface area contributed by atoms with Gasteiger partial charge in [-0.15, -0.1) is 0 Å². The average molecular weight is 181 g/mol. The zero-order chi connectivity index (χ0) is 8.93. The molecule has 2 heteroatoms. The Kier molecular flexibility index (Phi) is 3.62. The van der Waals surface area contributed by atoms with Crippen molar-refractivity contribution in [2.75, 3.05) is 26.2 Å². The Hall–Kier alpha value is -0.0800. The Balaban J connectivity index is 1.69. The standard InChI is InChI=1S/C11H21N2/c1-4-8-13(9-5-1)10-11-6-2-3-7-12-11/h11H,1-10H2. The summed E-state index contributed by atoms with van der Waals surface area (Å²) in [6, 6.07) is 0.673. The maximum Gasteiger partial charge on any atom is 0.0373 e. The highest BCUT2D eigenvalue weighted by Crippen LogP contribution is 2.13. The lowest BCUT2D eigenvalue weighted by Crippen LogP contribution is -2.42. The van der Waals surface area contributed by atoms with Crippen LogP contribution in [-0.4, -0.2) is 37.1 Å². The molecular formula is C11H21N2. The molecule has 13 heavy (non-hydrogen) atoms. The predicted molar refractivity (Wildman–Crippen MR) is 54.9 cm³/mol. The summed E-state index contributed by atoms with van der Waals surface area (Å²) in [7, 11) is 0. The summed E-state index contributed by atoms with van der Waals surface area (Å²) in [5.41, 5.74) is 0. The van der Waals surface area contributed by atoms with Crippen LogP contribution in [0.1, 0.15) is 38.5 Å².